The largest absolute Gasteiger partial charge is 0.433 e. The van der Waals surface area contributed by atoms with Crippen LogP contribution in [-0.4, -0.2) is 71.9 Å². The highest BCUT2D eigenvalue weighted by atomic mass is 19.4. The van der Waals surface area contributed by atoms with Crippen molar-refractivity contribution in [2.75, 3.05) is 32.8 Å². The molecule has 4 aliphatic rings. The molecule has 1 amide bonds. The van der Waals surface area contributed by atoms with Crippen LogP contribution in [0.1, 0.15) is 27.3 Å². The predicted octanol–water partition coefficient (Wildman–Crippen LogP) is 2.88. The molecule has 1 saturated heterocycles. The summed E-state index contributed by atoms with van der Waals surface area (Å²) in [5, 5.41) is 1.91. The fourth-order valence-electron chi connectivity index (χ4n) is 4.99. The van der Waals surface area contributed by atoms with Gasteiger partial charge in [-0.3, -0.25) is 14.8 Å². The number of halogens is 4. The highest BCUT2D eigenvalue weighted by Gasteiger charge is 2.36. The Hall–Kier alpha value is -4.10. The summed E-state index contributed by atoms with van der Waals surface area (Å²) in [6, 6.07) is 4.71. The Labute approximate surface area is 220 Å². The summed E-state index contributed by atoms with van der Waals surface area (Å²) in [5.41, 5.74) is 10.1. The third-order valence-corrected chi connectivity index (χ3v) is 6.94. The average molecular weight is 542 g/mol. The van der Waals surface area contributed by atoms with Crippen LogP contribution in [0.3, 0.4) is 0 Å². The van der Waals surface area contributed by atoms with Crippen molar-refractivity contribution in [3.05, 3.63) is 70.1 Å². The minimum Gasteiger partial charge on any atom is -0.378 e. The lowest BCUT2D eigenvalue weighted by Crippen LogP contribution is -2.55. The van der Waals surface area contributed by atoms with Gasteiger partial charge in [-0.05, 0) is 48.4 Å². The van der Waals surface area contributed by atoms with Crippen molar-refractivity contribution in [1.82, 2.24) is 20.3 Å². The molecule has 13 heteroatoms. The van der Waals surface area contributed by atoms with Gasteiger partial charge in [0.2, 0.25) is 0 Å². The number of rotatable bonds is 5. The number of hydrogen-bond acceptors (Lipinski definition) is 8. The van der Waals surface area contributed by atoms with Crippen molar-refractivity contribution in [3.63, 3.8) is 0 Å². The van der Waals surface area contributed by atoms with Gasteiger partial charge < -0.3 is 15.4 Å². The number of hydrazine groups is 1. The van der Waals surface area contributed by atoms with E-state index in [9.17, 15) is 18.0 Å². The number of hydrogen-bond donors (Lipinski definition) is 2. The van der Waals surface area contributed by atoms with Gasteiger partial charge in [0.15, 0.2) is 0 Å². The van der Waals surface area contributed by atoms with Crippen LogP contribution in [0.2, 0.25) is 0 Å². The Kier molecular flexibility index (Phi) is 5.99. The van der Waals surface area contributed by atoms with Crippen molar-refractivity contribution in [2.45, 2.75) is 19.1 Å². The zero-order valence-electron chi connectivity index (χ0n) is 20.7. The summed E-state index contributed by atoms with van der Waals surface area (Å²) >= 11 is 0. The van der Waals surface area contributed by atoms with Crippen molar-refractivity contribution >= 4 is 23.7 Å². The van der Waals surface area contributed by atoms with Crippen LogP contribution < -0.4 is 11.2 Å². The highest BCUT2D eigenvalue weighted by molar-refractivity contribution is 6.25. The first-order chi connectivity index (χ1) is 18.6. The summed E-state index contributed by atoms with van der Waals surface area (Å²) in [7, 11) is 0. The minimum absolute atomic E-state index is 0.0957. The Balaban J connectivity index is 1.42. The molecule has 0 unspecified atom stereocenters. The fourth-order valence-corrected chi connectivity index (χ4v) is 4.99. The van der Waals surface area contributed by atoms with Gasteiger partial charge in [-0.1, -0.05) is 0 Å². The molecule has 4 aliphatic heterocycles. The highest BCUT2D eigenvalue weighted by Crippen LogP contribution is 2.38. The number of nitrogens with one attached hydrogen (secondary N) is 1. The Morgan fingerprint density at radius 1 is 1.18 bits per heavy atom. The van der Waals surface area contributed by atoms with Gasteiger partial charge >= 0.3 is 6.18 Å². The second-order valence-electron chi connectivity index (χ2n) is 9.58. The zero-order chi connectivity index (χ0) is 27.5. The minimum atomic E-state index is -4.79. The lowest BCUT2D eigenvalue weighted by atomic mass is 9.91. The number of alkyl halides is 3. The van der Waals surface area contributed by atoms with Crippen molar-refractivity contribution in [3.8, 4) is 11.1 Å². The second-order valence-corrected chi connectivity index (χ2v) is 9.58. The quantitative estimate of drug-likeness (QED) is 0.564. The molecule has 0 atom stereocenters. The van der Waals surface area contributed by atoms with Crippen LogP contribution in [0.5, 0.6) is 0 Å². The summed E-state index contributed by atoms with van der Waals surface area (Å²) in [6.07, 6.45) is -1.21. The molecule has 6 rings (SSSR count). The molecule has 202 valence electrons. The molecule has 0 radical (unpaired) electrons. The van der Waals surface area contributed by atoms with E-state index >= 15 is 4.39 Å². The molecule has 39 heavy (non-hydrogen) atoms. The maximum atomic E-state index is 15.3. The van der Waals surface area contributed by atoms with Crippen LogP contribution in [0.25, 0.3) is 16.7 Å². The molecule has 5 heterocycles. The Bertz CT molecular complexity index is 1510. The summed E-state index contributed by atoms with van der Waals surface area (Å²) < 4.78 is 60.2. The van der Waals surface area contributed by atoms with Crippen LogP contribution >= 0.6 is 0 Å². The molecule has 2 aromatic rings. The van der Waals surface area contributed by atoms with Crippen LogP contribution in [0.15, 0.2) is 51.7 Å². The normalized spacial score (nSPS) is 19.0. The summed E-state index contributed by atoms with van der Waals surface area (Å²) in [4.78, 5) is 26.9. The van der Waals surface area contributed by atoms with Gasteiger partial charge in [0.1, 0.15) is 29.4 Å². The van der Waals surface area contributed by atoms with E-state index in [1.165, 1.54) is 12.1 Å². The number of aryl methyl sites for hydroxylation is 1. The van der Waals surface area contributed by atoms with E-state index in [0.29, 0.717) is 61.5 Å². The summed E-state index contributed by atoms with van der Waals surface area (Å²) in [6.45, 7) is 4.75. The van der Waals surface area contributed by atoms with E-state index in [2.05, 4.69) is 20.3 Å². The molecule has 1 aromatic heterocycles. The monoisotopic (exact) mass is 541 g/mol. The van der Waals surface area contributed by atoms with E-state index in [1.807, 2.05) is 11.1 Å². The first kappa shape index (κ1) is 25.2. The first-order valence-corrected chi connectivity index (χ1v) is 12.2. The van der Waals surface area contributed by atoms with Crippen LogP contribution in [0.4, 0.5) is 17.6 Å². The van der Waals surface area contributed by atoms with Gasteiger partial charge in [0, 0.05) is 23.2 Å². The number of amides is 1. The number of carbonyl (C=O) groups is 1. The molecule has 1 aromatic carbocycles. The number of benzene rings is 1. The molecule has 0 aliphatic carbocycles. The summed E-state index contributed by atoms with van der Waals surface area (Å²) in [5.74, 6) is -1.22. The number of carbonyl (C=O) groups excluding carboxylic acids is 1. The van der Waals surface area contributed by atoms with Crippen molar-refractivity contribution in [2.24, 2.45) is 15.7 Å². The van der Waals surface area contributed by atoms with Gasteiger partial charge in [0.25, 0.3) is 5.91 Å². The Morgan fingerprint density at radius 3 is 2.67 bits per heavy atom. The number of allylic oxidation sites excluding steroid dienone is 1. The molecule has 3 N–H and O–H groups in total. The Morgan fingerprint density at radius 2 is 1.97 bits per heavy atom. The second kappa shape index (κ2) is 9.27. The molecule has 0 spiro atoms. The predicted molar refractivity (Wildman–Crippen MR) is 135 cm³/mol. The smallest absolute Gasteiger partial charge is 0.378 e. The topological polar surface area (TPSA) is 108 Å². The van der Waals surface area contributed by atoms with Crippen molar-refractivity contribution < 1.29 is 27.1 Å². The number of pyridine rings is 1. The van der Waals surface area contributed by atoms with Crippen molar-refractivity contribution in [1.29, 1.82) is 0 Å². The molecule has 9 nitrogen and oxygen atoms in total. The number of nitrogens with two attached hydrogens (primary N) is 1. The fraction of sp³-hybridized carbons (Fsp3) is 0.308. The number of nitrogens with zero attached hydrogens (tertiary/aromatic N) is 5. The van der Waals surface area contributed by atoms with Crippen LogP contribution in [0, 0.1) is 12.7 Å². The van der Waals surface area contributed by atoms with E-state index in [1.54, 1.807) is 13.3 Å². The third kappa shape index (κ3) is 4.46. The van der Waals surface area contributed by atoms with E-state index in [4.69, 9.17) is 15.5 Å². The van der Waals surface area contributed by atoms with Gasteiger partial charge in [0.05, 0.1) is 43.7 Å². The first-order valence-electron chi connectivity index (χ1n) is 12.2. The van der Waals surface area contributed by atoms with Gasteiger partial charge in [-0.2, -0.15) is 13.2 Å². The van der Waals surface area contributed by atoms with E-state index in [-0.39, 0.29) is 17.2 Å². The number of aromatic nitrogens is 1. The van der Waals surface area contributed by atoms with Crippen LogP contribution in [-0.2, 0) is 10.9 Å². The number of fused-ring (bicyclic) bond motifs is 2. The SMILES string of the molecule is Cc1cc(F)c(-c2ccc(C(F)(F)F)nc2C(N)=O)cc1C1=CC2=C(CN(NC3COC3)C=N2)N2CCN=C12. The van der Waals surface area contributed by atoms with Gasteiger partial charge in [-0.25, -0.2) is 19.8 Å². The third-order valence-electron chi connectivity index (χ3n) is 6.94. The number of amidine groups is 1. The number of primary amides is 1. The maximum Gasteiger partial charge on any atom is 0.433 e. The molecular weight excluding hydrogens is 518 g/mol. The zero-order valence-corrected chi connectivity index (χ0v) is 20.7. The molecular formula is C26H23F4N7O2. The lowest BCUT2D eigenvalue weighted by Gasteiger charge is -2.38. The number of aliphatic imine (C=N–C) groups is 2. The lowest BCUT2D eigenvalue weighted by molar-refractivity contribution is -0.141. The standard InChI is InChI=1S/C26H23F4N7O2/c1-13-6-19(27)17(15-2-3-22(26(28,29)30)34-23(15)24(31)38)7-16(13)18-8-20-21(37-5-4-32-25(18)37)9-36(12-33-20)35-14-10-39-11-14/h2-3,6-8,12,14,35H,4-5,9-11H2,1H3,(H2,31,38). The molecule has 0 saturated carbocycles. The maximum absolute atomic E-state index is 15.3. The van der Waals surface area contributed by atoms with E-state index < -0.39 is 29.3 Å². The van der Waals surface area contributed by atoms with E-state index in [0.717, 1.165) is 17.5 Å². The average Bonchev–Trinajstić information content (AvgIpc) is 3.36. The van der Waals surface area contributed by atoms with Gasteiger partial charge in [-0.15, -0.1) is 0 Å². The number of ether oxygens (including phenoxy) is 1. The molecule has 0 bridgehead atoms. The molecule has 1 fully saturated rings.